The SMILES string of the molecule is C=C1CCC2(C(=O)O)CCC3(C)C(=CCC4C5(C)C(O)C(O)C(=O)C(CO)(CO)C5CCC43C)C2C1C. The van der Waals surface area contributed by atoms with Crippen LogP contribution in [-0.4, -0.2) is 62.7 Å². The van der Waals surface area contributed by atoms with Crippen molar-refractivity contribution in [2.24, 2.45) is 50.7 Å². The van der Waals surface area contributed by atoms with Gasteiger partial charge in [0.2, 0.25) is 0 Å². The first kappa shape index (κ1) is 27.0. The Kier molecular flexibility index (Phi) is 6.02. The molecule has 7 nitrogen and oxygen atoms in total. The molecule has 10 unspecified atom stereocenters. The van der Waals surface area contributed by atoms with Gasteiger partial charge in [-0.25, -0.2) is 0 Å². The van der Waals surface area contributed by atoms with Gasteiger partial charge in [0, 0.05) is 11.3 Å². The number of ketones is 1. The molecule has 5 aliphatic rings. The summed E-state index contributed by atoms with van der Waals surface area (Å²) in [4.78, 5) is 26.0. The van der Waals surface area contributed by atoms with Gasteiger partial charge in [0.05, 0.1) is 30.1 Å². The lowest BCUT2D eigenvalue weighted by Gasteiger charge is -2.71. The topological polar surface area (TPSA) is 135 Å². The molecule has 0 spiro atoms. The van der Waals surface area contributed by atoms with E-state index in [9.17, 15) is 35.1 Å². The molecule has 37 heavy (non-hydrogen) atoms. The highest BCUT2D eigenvalue weighted by atomic mass is 16.4. The molecule has 0 aliphatic heterocycles. The lowest BCUT2D eigenvalue weighted by Crippen LogP contribution is -2.73. The fraction of sp³-hybridized carbons (Fsp3) is 0.800. The van der Waals surface area contributed by atoms with Gasteiger partial charge >= 0.3 is 5.97 Å². The second-order valence-electron chi connectivity index (χ2n) is 13.8. The number of carbonyl (C=O) groups is 2. The van der Waals surface area contributed by atoms with Gasteiger partial charge in [0.25, 0.3) is 0 Å². The average Bonchev–Trinajstić information content (AvgIpc) is 2.87. The smallest absolute Gasteiger partial charge is 0.310 e. The summed E-state index contributed by atoms with van der Waals surface area (Å²) in [5.41, 5.74) is -1.56. The molecule has 5 rings (SSSR count). The van der Waals surface area contributed by atoms with Gasteiger partial charge < -0.3 is 25.5 Å². The predicted molar refractivity (Wildman–Crippen MR) is 137 cm³/mol. The van der Waals surface area contributed by atoms with E-state index in [1.165, 1.54) is 5.57 Å². The number of hydrogen-bond donors (Lipinski definition) is 5. The zero-order valence-corrected chi connectivity index (χ0v) is 22.7. The summed E-state index contributed by atoms with van der Waals surface area (Å²) in [5.74, 6) is -2.07. The van der Waals surface area contributed by atoms with Gasteiger partial charge in [-0.2, -0.15) is 0 Å². The van der Waals surface area contributed by atoms with Crippen molar-refractivity contribution in [3.63, 3.8) is 0 Å². The Balaban J connectivity index is 1.67. The molecular formula is C30H44O7. The molecule has 7 heteroatoms. The van der Waals surface area contributed by atoms with Gasteiger partial charge in [0.15, 0.2) is 5.78 Å². The van der Waals surface area contributed by atoms with Crippen LogP contribution in [0.5, 0.6) is 0 Å². The molecular weight excluding hydrogens is 472 g/mol. The van der Waals surface area contributed by atoms with Crippen molar-refractivity contribution in [3.8, 4) is 0 Å². The number of allylic oxidation sites excluding steroid dienone is 3. The maximum absolute atomic E-state index is 13.2. The van der Waals surface area contributed by atoms with E-state index in [0.29, 0.717) is 25.7 Å². The van der Waals surface area contributed by atoms with E-state index >= 15 is 0 Å². The number of carboxylic acid groups (broad SMARTS) is 1. The molecule has 0 bridgehead atoms. The van der Waals surface area contributed by atoms with Crippen molar-refractivity contribution >= 4 is 11.8 Å². The number of fused-ring (bicyclic) bond motifs is 7. The molecule has 5 aliphatic carbocycles. The number of hydrogen-bond acceptors (Lipinski definition) is 6. The highest BCUT2D eigenvalue weighted by molar-refractivity contribution is 5.91. The normalized spacial score (nSPS) is 50.8. The fourth-order valence-corrected chi connectivity index (χ4v) is 10.5. The molecule has 0 aromatic carbocycles. The summed E-state index contributed by atoms with van der Waals surface area (Å²) < 4.78 is 0. The first-order valence-electron chi connectivity index (χ1n) is 14.0. The van der Waals surface area contributed by atoms with Crippen molar-refractivity contribution in [1.29, 1.82) is 0 Å². The number of aliphatic hydroxyl groups excluding tert-OH is 4. The number of rotatable bonds is 3. The van der Waals surface area contributed by atoms with Crippen LogP contribution in [0.15, 0.2) is 23.8 Å². The van der Waals surface area contributed by atoms with Crippen LogP contribution in [-0.2, 0) is 9.59 Å². The second-order valence-corrected chi connectivity index (χ2v) is 13.8. The molecule has 5 N–H and O–H groups in total. The molecule has 0 aromatic heterocycles. The lowest BCUT2D eigenvalue weighted by molar-refractivity contribution is -0.249. The summed E-state index contributed by atoms with van der Waals surface area (Å²) in [7, 11) is 0. The predicted octanol–water partition coefficient (Wildman–Crippen LogP) is 3.10. The monoisotopic (exact) mass is 516 g/mol. The third-order valence-electron chi connectivity index (χ3n) is 13.1. The van der Waals surface area contributed by atoms with E-state index in [1.54, 1.807) is 0 Å². The molecule has 4 saturated carbocycles. The third-order valence-corrected chi connectivity index (χ3v) is 13.1. The van der Waals surface area contributed by atoms with Crippen LogP contribution in [0.25, 0.3) is 0 Å². The van der Waals surface area contributed by atoms with Crippen LogP contribution in [0.2, 0.25) is 0 Å². The number of aliphatic hydroxyl groups is 4. The van der Waals surface area contributed by atoms with E-state index in [2.05, 4.69) is 33.4 Å². The van der Waals surface area contributed by atoms with Crippen LogP contribution >= 0.6 is 0 Å². The Labute approximate surface area is 219 Å². The zero-order chi connectivity index (χ0) is 27.3. The van der Waals surface area contributed by atoms with Crippen molar-refractivity contribution < 1.29 is 35.1 Å². The molecule has 0 radical (unpaired) electrons. The maximum Gasteiger partial charge on any atom is 0.310 e. The highest BCUT2D eigenvalue weighted by Gasteiger charge is 2.73. The summed E-state index contributed by atoms with van der Waals surface area (Å²) in [5, 5.41) is 53.7. The Hall–Kier alpha value is -1.54. The van der Waals surface area contributed by atoms with E-state index in [4.69, 9.17) is 0 Å². The Morgan fingerprint density at radius 2 is 1.70 bits per heavy atom. The van der Waals surface area contributed by atoms with Crippen molar-refractivity contribution in [3.05, 3.63) is 23.8 Å². The minimum absolute atomic E-state index is 0.0546. The molecule has 10 atom stereocenters. The maximum atomic E-state index is 13.2. The highest BCUT2D eigenvalue weighted by Crippen LogP contribution is 2.75. The molecule has 0 heterocycles. The van der Waals surface area contributed by atoms with Crippen molar-refractivity contribution in [2.45, 2.75) is 84.8 Å². The lowest BCUT2D eigenvalue weighted by atomic mass is 9.33. The van der Waals surface area contributed by atoms with E-state index in [-0.39, 0.29) is 28.6 Å². The summed E-state index contributed by atoms with van der Waals surface area (Å²) >= 11 is 0. The van der Waals surface area contributed by atoms with E-state index < -0.39 is 59.3 Å². The van der Waals surface area contributed by atoms with Crippen molar-refractivity contribution in [2.75, 3.05) is 13.2 Å². The zero-order valence-electron chi connectivity index (χ0n) is 22.7. The van der Waals surface area contributed by atoms with Crippen LogP contribution in [0.4, 0.5) is 0 Å². The quantitative estimate of drug-likeness (QED) is 0.364. The van der Waals surface area contributed by atoms with Gasteiger partial charge in [-0.15, -0.1) is 0 Å². The fourth-order valence-electron chi connectivity index (χ4n) is 10.5. The van der Waals surface area contributed by atoms with Crippen LogP contribution in [0.1, 0.15) is 72.6 Å². The standard InChI is InChI=1S/C30H44O7/c1-16-8-11-29(25(36)37)13-12-26(3)18(21(29)17(16)2)6-7-19-27(26,4)10-9-20-28(19,5)23(34)22(33)24(35)30(20,14-31)15-32/h6,17,19-23,31-34H,1,7-15H2,2-5H3,(H,36,37). The summed E-state index contributed by atoms with van der Waals surface area (Å²) in [6.45, 7) is 11.7. The first-order valence-corrected chi connectivity index (χ1v) is 14.0. The number of carboxylic acids is 1. The first-order chi connectivity index (χ1) is 17.2. The third kappa shape index (κ3) is 2.92. The van der Waals surface area contributed by atoms with Gasteiger partial charge in [-0.05, 0) is 73.5 Å². The average molecular weight is 517 g/mol. The van der Waals surface area contributed by atoms with Gasteiger partial charge in [-0.1, -0.05) is 51.5 Å². The van der Waals surface area contributed by atoms with E-state index in [0.717, 1.165) is 24.8 Å². The van der Waals surface area contributed by atoms with Crippen LogP contribution in [0, 0.1) is 50.7 Å². The Bertz CT molecular complexity index is 1060. The van der Waals surface area contributed by atoms with Crippen molar-refractivity contribution in [1.82, 2.24) is 0 Å². The molecule has 4 fully saturated rings. The Morgan fingerprint density at radius 1 is 1.05 bits per heavy atom. The second kappa shape index (κ2) is 8.23. The number of carbonyl (C=O) groups excluding carboxylic acids is 1. The molecule has 0 amide bonds. The van der Waals surface area contributed by atoms with Gasteiger partial charge in [0.1, 0.15) is 6.10 Å². The summed E-state index contributed by atoms with van der Waals surface area (Å²) in [6, 6.07) is 0. The summed E-state index contributed by atoms with van der Waals surface area (Å²) in [6.07, 6.45) is 3.71. The van der Waals surface area contributed by atoms with E-state index in [1.807, 2.05) is 6.92 Å². The molecule has 206 valence electrons. The minimum Gasteiger partial charge on any atom is -0.481 e. The largest absolute Gasteiger partial charge is 0.481 e. The molecule has 0 saturated heterocycles. The van der Waals surface area contributed by atoms with Crippen LogP contribution < -0.4 is 0 Å². The Morgan fingerprint density at radius 3 is 2.30 bits per heavy atom. The minimum atomic E-state index is -1.67. The number of aliphatic carboxylic acids is 1. The molecule has 0 aromatic rings. The number of Topliss-reactive ketones (excluding diaryl/α,β-unsaturated/α-hetero) is 1. The van der Waals surface area contributed by atoms with Gasteiger partial charge in [-0.3, -0.25) is 9.59 Å². The van der Waals surface area contributed by atoms with Crippen LogP contribution in [0.3, 0.4) is 0 Å².